The molecule has 92 valence electrons. The Hall–Kier alpha value is -0.480. The third-order valence-corrected chi connectivity index (χ3v) is 3.72. The number of carbonyl (C=O) groups is 2. The number of amides is 2. The smallest absolute Gasteiger partial charge is 0.239 e. The minimum atomic E-state index is -0.994. The van der Waals surface area contributed by atoms with E-state index in [0.717, 1.165) is 0 Å². The topological polar surface area (TPSA) is 58.2 Å². The lowest BCUT2D eigenvalue weighted by atomic mass is 10.1. The first-order valence-electron chi connectivity index (χ1n) is 5.14. The predicted octanol–water partition coefficient (Wildman–Crippen LogP) is 1.21. The summed E-state index contributed by atoms with van der Waals surface area (Å²) in [5, 5.41) is 5.20. The highest BCUT2D eigenvalue weighted by molar-refractivity contribution is 6.53. The first-order chi connectivity index (χ1) is 7.19. The van der Waals surface area contributed by atoms with Gasteiger partial charge in [0.05, 0.1) is 12.0 Å². The van der Waals surface area contributed by atoms with Crippen LogP contribution in [0.1, 0.15) is 27.2 Å². The van der Waals surface area contributed by atoms with E-state index in [4.69, 9.17) is 23.2 Å². The number of nitrogens with one attached hydrogen (secondary N) is 2. The van der Waals surface area contributed by atoms with Crippen LogP contribution in [0.3, 0.4) is 0 Å². The molecule has 1 fully saturated rings. The van der Waals surface area contributed by atoms with E-state index in [2.05, 4.69) is 10.6 Å². The molecule has 1 atom stereocenters. The number of halogens is 2. The molecule has 1 rings (SSSR count). The molecule has 0 aromatic carbocycles. The third kappa shape index (κ3) is 2.80. The summed E-state index contributed by atoms with van der Waals surface area (Å²) in [5.41, 5.74) is -0.770. The van der Waals surface area contributed by atoms with Gasteiger partial charge in [-0.3, -0.25) is 9.59 Å². The van der Waals surface area contributed by atoms with Gasteiger partial charge in [0.2, 0.25) is 11.8 Å². The first-order valence-corrected chi connectivity index (χ1v) is 5.90. The molecule has 16 heavy (non-hydrogen) atoms. The summed E-state index contributed by atoms with van der Waals surface area (Å²) in [4.78, 5) is 22.9. The standard InChI is InChI=1S/C10H16Cl2N2O2/c1-6(2)14-7(15)4-13-8(16)9(3)5-10(9,11)12/h6H,4-5H2,1-3H3,(H,13,16)(H,14,15). The highest BCUT2D eigenvalue weighted by Gasteiger charge is 2.67. The fraction of sp³-hybridized carbons (Fsp3) is 0.800. The summed E-state index contributed by atoms with van der Waals surface area (Å²) in [6.45, 7) is 5.34. The molecular formula is C10H16Cl2N2O2. The largest absolute Gasteiger partial charge is 0.352 e. The van der Waals surface area contributed by atoms with Crippen molar-refractivity contribution in [2.45, 2.75) is 37.6 Å². The van der Waals surface area contributed by atoms with E-state index in [-0.39, 0.29) is 24.4 Å². The van der Waals surface area contributed by atoms with Gasteiger partial charge in [0.15, 0.2) is 0 Å². The molecule has 1 saturated carbocycles. The van der Waals surface area contributed by atoms with E-state index in [1.165, 1.54) is 0 Å². The molecule has 0 radical (unpaired) electrons. The second kappa shape index (κ2) is 4.41. The number of rotatable bonds is 4. The molecule has 2 amide bonds. The van der Waals surface area contributed by atoms with Crippen molar-refractivity contribution >= 4 is 35.0 Å². The van der Waals surface area contributed by atoms with Gasteiger partial charge in [-0.1, -0.05) is 0 Å². The summed E-state index contributed by atoms with van der Waals surface area (Å²) < 4.78 is -0.994. The molecule has 2 N–H and O–H groups in total. The second-order valence-electron chi connectivity index (χ2n) is 4.62. The molecule has 1 unspecified atom stereocenters. The molecule has 0 heterocycles. The Kier molecular flexibility index (Phi) is 3.75. The molecule has 0 saturated heterocycles. The summed E-state index contributed by atoms with van der Waals surface area (Å²) in [6, 6.07) is 0.0565. The van der Waals surface area contributed by atoms with Crippen molar-refractivity contribution in [3.05, 3.63) is 0 Å². The molecule has 4 nitrogen and oxygen atoms in total. The van der Waals surface area contributed by atoms with Crippen LogP contribution in [0.4, 0.5) is 0 Å². The van der Waals surface area contributed by atoms with Crippen LogP contribution in [0, 0.1) is 5.41 Å². The summed E-state index contributed by atoms with van der Waals surface area (Å²) in [6.07, 6.45) is 0.417. The Morgan fingerprint density at radius 3 is 2.25 bits per heavy atom. The average Bonchev–Trinajstić information content (AvgIpc) is 2.62. The maximum absolute atomic E-state index is 11.7. The van der Waals surface area contributed by atoms with Crippen molar-refractivity contribution in [3.8, 4) is 0 Å². The molecule has 1 aliphatic carbocycles. The Labute approximate surface area is 105 Å². The fourth-order valence-corrected chi connectivity index (χ4v) is 2.08. The zero-order valence-electron chi connectivity index (χ0n) is 9.56. The molecule has 0 aromatic rings. The summed E-state index contributed by atoms with van der Waals surface area (Å²) in [7, 11) is 0. The number of hydrogen-bond donors (Lipinski definition) is 2. The average molecular weight is 267 g/mol. The fourth-order valence-electron chi connectivity index (χ4n) is 1.37. The molecule has 0 aromatic heterocycles. The van der Waals surface area contributed by atoms with Gasteiger partial charge in [0.1, 0.15) is 4.33 Å². The van der Waals surface area contributed by atoms with Gasteiger partial charge in [-0.2, -0.15) is 0 Å². The Bertz CT molecular complexity index is 318. The van der Waals surface area contributed by atoms with Crippen LogP contribution in [0.5, 0.6) is 0 Å². The second-order valence-corrected chi connectivity index (χ2v) is 6.10. The minimum Gasteiger partial charge on any atom is -0.352 e. The van der Waals surface area contributed by atoms with E-state index >= 15 is 0 Å². The molecule has 0 aliphatic heterocycles. The maximum Gasteiger partial charge on any atom is 0.239 e. The lowest BCUT2D eigenvalue weighted by molar-refractivity contribution is -0.129. The Balaban J connectivity index is 2.35. The lowest BCUT2D eigenvalue weighted by Crippen LogP contribution is -2.42. The van der Waals surface area contributed by atoms with Crippen LogP contribution in [-0.4, -0.2) is 28.7 Å². The van der Waals surface area contributed by atoms with Gasteiger partial charge in [-0.25, -0.2) is 0 Å². The van der Waals surface area contributed by atoms with Crippen molar-refractivity contribution in [2.75, 3.05) is 6.54 Å². The number of alkyl halides is 2. The predicted molar refractivity (Wildman–Crippen MR) is 63.4 cm³/mol. The van der Waals surface area contributed by atoms with E-state index in [0.29, 0.717) is 6.42 Å². The lowest BCUT2D eigenvalue weighted by Gasteiger charge is -2.13. The van der Waals surface area contributed by atoms with E-state index in [1.807, 2.05) is 13.8 Å². The SMILES string of the molecule is CC(C)NC(=O)CNC(=O)C1(C)CC1(Cl)Cl. The van der Waals surface area contributed by atoms with Gasteiger partial charge < -0.3 is 10.6 Å². The van der Waals surface area contributed by atoms with E-state index in [1.54, 1.807) is 6.92 Å². The zero-order valence-corrected chi connectivity index (χ0v) is 11.1. The monoisotopic (exact) mass is 266 g/mol. The highest BCUT2D eigenvalue weighted by atomic mass is 35.5. The van der Waals surface area contributed by atoms with Crippen LogP contribution < -0.4 is 10.6 Å². The Morgan fingerprint density at radius 2 is 1.88 bits per heavy atom. The van der Waals surface area contributed by atoms with Gasteiger partial charge in [-0.15, -0.1) is 23.2 Å². The van der Waals surface area contributed by atoms with Crippen molar-refractivity contribution in [3.63, 3.8) is 0 Å². The van der Waals surface area contributed by atoms with Crippen molar-refractivity contribution in [1.82, 2.24) is 10.6 Å². The van der Waals surface area contributed by atoms with E-state index in [9.17, 15) is 9.59 Å². The van der Waals surface area contributed by atoms with Crippen molar-refractivity contribution in [2.24, 2.45) is 5.41 Å². The van der Waals surface area contributed by atoms with Crippen LogP contribution in [0.2, 0.25) is 0 Å². The first kappa shape index (κ1) is 13.6. The number of hydrogen-bond acceptors (Lipinski definition) is 2. The van der Waals surface area contributed by atoms with Crippen molar-refractivity contribution < 1.29 is 9.59 Å². The quantitative estimate of drug-likeness (QED) is 0.752. The molecule has 1 aliphatic rings. The molecular weight excluding hydrogens is 251 g/mol. The van der Waals surface area contributed by atoms with Crippen LogP contribution in [-0.2, 0) is 9.59 Å². The van der Waals surface area contributed by atoms with Crippen molar-refractivity contribution in [1.29, 1.82) is 0 Å². The van der Waals surface area contributed by atoms with Gasteiger partial charge in [-0.05, 0) is 27.2 Å². The van der Waals surface area contributed by atoms with Crippen LogP contribution >= 0.6 is 23.2 Å². The Morgan fingerprint density at radius 1 is 1.38 bits per heavy atom. The van der Waals surface area contributed by atoms with Crippen LogP contribution in [0.25, 0.3) is 0 Å². The summed E-state index contributed by atoms with van der Waals surface area (Å²) >= 11 is 11.7. The highest BCUT2D eigenvalue weighted by Crippen LogP contribution is 2.63. The molecule has 0 spiro atoms. The summed E-state index contributed by atoms with van der Waals surface area (Å²) in [5.74, 6) is -0.501. The maximum atomic E-state index is 11.7. The normalized spacial score (nSPS) is 26.4. The van der Waals surface area contributed by atoms with Gasteiger partial charge >= 0.3 is 0 Å². The zero-order chi connectivity index (χ0) is 12.6. The minimum absolute atomic E-state index is 0.0452. The van der Waals surface area contributed by atoms with Crippen LogP contribution in [0.15, 0.2) is 0 Å². The van der Waals surface area contributed by atoms with Gasteiger partial charge in [0, 0.05) is 6.04 Å². The van der Waals surface area contributed by atoms with Gasteiger partial charge in [0.25, 0.3) is 0 Å². The molecule has 6 heteroatoms. The molecule has 0 bridgehead atoms. The number of carbonyl (C=O) groups excluding carboxylic acids is 2. The third-order valence-electron chi connectivity index (χ3n) is 2.62. The van der Waals surface area contributed by atoms with E-state index < -0.39 is 9.75 Å².